The lowest BCUT2D eigenvalue weighted by atomic mass is 9.77. The van der Waals surface area contributed by atoms with Crippen molar-refractivity contribution in [1.29, 1.82) is 0 Å². The standard InChI is InChI=1S/C25H21OP/c1-18-16-24-23(18)17-19-10-8-9-15-22(19)25(24)27(26,20-11-4-2-5-12-20)21-13-6-3-7-14-21/h2-15,17-18H,16H2,1H3. The van der Waals surface area contributed by atoms with Crippen LogP contribution in [0.25, 0.3) is 10.8 Å². The zero-order valence-corrected chi connectivity index (χ0v) is 16.2. The molecular weight excluding hydrogens is 347 g/mol. The summed E-state index contributed by atoms with van der Waals surface area (Å²) in [5.74, 6) is 0.531. The molecule has 1 aliphatic rings. The van der Waals surface area contributed by atoms with E-state index in [-0.39, 0.29) is 0 Å². The zero-order valence-electron chi connectivity index (χ0n) is 15.3. The first-order valence-corrected chi connectivity index (χ1v) is 11.2. The smallest absolute Gasteiger partial charge is 0.171 e. The third-order valence-corrected chi connectivity index (χ3v) is 8.95. The minimum atomic E-state index is -2.96. The highest BCUT2D eigenvalue weighted by atomic mass is 31.2. The third-order valence-electron chi connectivity index (χ3n) is 5.76. The van der Waals surface area contributed by atoms with Gasteiger partial charge in [0.25, 0.3) is 0 Å². The lowest BCUT2D eigenvalue weighted by Crippen LogP contribution is -2.33. The van der Waals surface area contributed by atoms with Gasteiger partial charge >= 0.3 is 0 Å². The van der Waals surface area contributed by atoms with Gasteiger partial charge in [0.15, 0.2) is 7.14 Å². The first-order chi connectivity index (χ1) is 13.2. The molecule has 0 radical (unpaired) electrons. The second kappa shape index (κ2) is 6.22. The summed E-state index contributed by atoms with van der Waals surface area (Å²) in [5, 5.41) is 5.18. The van der Waals surface area contributed by atoms with Crippen molar-refractivity contribution < 1.29 is 4.57 Å². The summed E-state index contributed by atoms with van der Waals surface area (Å²) < 4.78 is 14.9. The van der Waals surface area contributed by atoms with Crippen LogP contribution in [0.5, 0.6) is 0 Å². The average Bonchev–Trinajstić information content (AvgIpc) is 2.73. The van der Waals surface area contributed by atoms with E-state index in [1.807, 2.05) is 60.7 Å². The largest absolute Gasteiger partial charge is 0.309 e. The van der Waals surface area contributed by atoms with E-state index in [0.717, 1.165) is 27.7 Å². The lowest BCUT2D eigenvalue weighted by molar-refractivity contribution is 0.591. The van der Waals surface area contributed by atoms with E-state index < -0.39 is 7.14 Å². The molecule has 0 aromatic heterocycles. The van der Waals surface area contributed by atoms with E-state index >= 15 is 0 Å². The molecule has 0 bridgehead atoms. The van der Waals surface area contributed by atoms with Crippen LogP contribution in [0.15, 0.2) is 91.0 Å². The molecule has 0 saturated carbocycles. The van der Waals surface area contributed by atoms with Crippen LogP contribution in [0.4, 0.5) is 0 Å². The number of benzene rings is 4. The molecule has 1 unspecified atom stereocenters. The molecule has 1 atom stereocenters. The van der Waals surface area contributed by atoms with Gasteiger partial charge in [0.2, 0.25) is 0 Å². The van der Waals surface area contributed by atoms with Crippen molar-refractivity contribution in [3.8, 4) is 0 Å². The molecule has 2 heteroatoms. The quantitative estimate of drug-likeness (QED) is 0.458. The summed E-state index contributed by atoms with van der Waals surface area (Å²) >= 11 is 0. The molecule has 27 heavy (non-hydrogen) atoms. The molecule has 132 valence electrons. The van der Waals surface area contributed by atoms with Gasteiger partial charge in [-0.25, -0.2) is 0 Å². The molecular formula is C25H21OP. The maximum absolute atomic E-state index is 14.9. The normalized spacial score (nSPS) is 16.0. The zero-order chi connectivity index (χ0) is 18.4. The van der Waals surface area contributed by atoms with Gasteiger partial charge in [0.05, 0.1) is 0 Å². The Hall–Kier alpha value is -2.63. The van der Waals surface area contributed by atoms with Gasteiger partial charge < -0.3 is 4.57 Å². The van der Waals surface area contributed by atoms with E-state index in [0.29, 0.717) is 5.92 Å². The van der Waals surface area contributed by atoms with E-state index in [9.17, 15) is 4.57 Å². The van der Waals surface area contributed by atoms with Crippen LogP contribution in [0, 0.1) is 0 Å². The summed E-state index contributed by atoms with van der Waals surface area (Å²) in [6.45, 7) is 2.26. The maximum Gasteiger partial charge on any atom is 0.171 e. The minimum Gasteiger partial charge on any atom is -0.309 e. The maximum atomic E-state index is 14.9. The molecule has 0 aliphatic heterocycles. The molecule has 0 saturated heterocycles. The lowest BCUT2D eigenvalue weighted by Gasteiger charge is -2.34. The van der Waals surface area contributed by atoms with E-state index in [1.165, 1.54) is 16.5 Å². The molecule has 4 aromatic carbocycles. The SMILES string of the molecule is CC1Cc2c1cc1ccccc1c2P(=O)(c1ccccc1)c1ccccc1. The molecule has 4 aromatic rings. The number of fused-ring (bicyclic) bond motifs is 2. The van der Waals surface area contributed by atoms with Crippen LogP contribution in [-0.4, -0.2) is 0 Å². The molecule has 1 aliphatic carbocycles. The molecule has 0 heterocycles. The number of hydrogen-bond donors (Lipinski definition) is 0. The Bertz CT molecular complexity index is 1140. The summed E-state index contributed by atoms with van der Waals surface area (Å²) in [5.41, 5.74) is 2.65. The predicted molar refractivity (Wildman–Crippen MR) is 115 cm³/mol. The first-order valence-electron chi connectivity index (χ1n) is 9.46. The second-order valence-electron chi connectivity index (χ2n) is 7.40. The van der Waals surface area contributed by atoms with Crippen molar-refractivity contribution in [3.05, 3.63) is 102 Å². The van der Waals surface area contributed by atoms with Crippen molar-refractivity contribution in [2.45, 2.75) is 19.3 Å². The van der Waals surface area contributed by atoms with Gasteiger partial charge in [-0.3, -0.25) is 0 Å². The van der Waals surface area contributed by atoms with Crippen molar-refractivity contribution >= 4 is 33.8 Å². The van der Waals surface area contributed by atoms with Crippen molar-refractivity contribution in [1.82, 2.24) is 0 Å². The average molecular weight is 368 g/mol. The first kappa shape index (κ1) is 16.5. The Morgan fingerprint density at radius 3 is 1.93 bits per heavy atom. The van der Waals surface area contributed by atoms with Gasteiger partial charge in [0.1, 0.15) is 0 Å². The van der Waals surface area contributed by atoms with Crippen molar-refractivity contribution in [3.63, 3.8) is 0 Å². The summed E-state index contributed by atoms with van der Waals surface area (Å²) in [6, 6.07) is 30.7. The Labute approximate surface area is 160 Å². The molecule has 0 amide bonds. The molecule has 0 N–H and O–H groups in total. The van der Waals surface area contributed by atoms with Gasteiger partial charge in [0, 0.05) is 15.9 Å². The summed E-state index contributed by atoms with van der Waals surface area (Å²) in [7, 11) is -2.96. The van der Waals surface area contributed by atoms with E-state index in [4.69, 9.17) is 0 Å². The van der Waals surface area contributed by atoms with Crippen LogP contribution in [0.2, 0.25) is 0 Å². The highest BCUT2D eigenvalue weighted by Crippen LogP contribution is 2.49. The van der Waals surface area contributed by atoms with Gasteiger partial charge in [-0.15, -0.1) is 0 Å². The summed E-state index contributed by atoms with van der Waals surface area (Å²) in [6.07, 6.45) is 0.999. The Balaban J connectivity index is 1.93. The van der Waals surface area contributed by atoms with Gasteiger partial charge in [-0.1, -0.05) is 97.9 Å². The molecule has 0 spiro atoms. The van der Waals surface area contributed by atoms with Crippen LogP contribution in [0.3, 0.4) is 0 Å². The van der Waals surface area contributed by atoms with Gasteiger partial charge in [-0.05, 0) is 34.2 Å². The van der Waals surface area contributed by atoms with Gasteiger partial charge in [-0.2, -0.15) is 0 Å². The van der Waals surface area contributed by atoms with Crippen LogP contribution in [-0.2, 0) is 11.0 Å². The predicted octanol–water partition coefficient (Wildman–Crippen LogP) is 5.14. The highest BCUT2D eigenvalue weighted by Gasteiger charge is 2.38. The van der Waals surface area contributed by atoms with E-state index in [1.54, 1.807) is 0 Å². The van der Waals surface area contributed by atoms with E-state index in [2.05, 4.69) is 37.3 Å². The summed E-state index contributed by atoms with van der Waals surface area (Å²) in [4.78, 5) is 0. The third kappa shape index (κ3) is 2.42. The van der Waals surface area contributed by atoms with Crippen molar-refractivity contribution in [2.24, 2.45) is 0 Å². The van der Waals surface area contributed by atoms with Crippen LogP contribution >= 0.6 is 7.14 Å². The fraction of sp³-hybridized carbons (Fsp3) is 0.120. The molecule has 1 nitrogen and oxygen atoms in total. The number of rotatable bonds is 3. The second-order valence-corrected chi connectivity index (χ2v) is 10.1. The minimum absolute atomic E-state index is 0.531. The Morgan fingerprint density at radius 2 is 1.33 bits per heavy atom. The number of hydrogen-bond acceptors (Lipinski definition) is 1. The fourth-order valence-electron chi connectivity index (χ4n) is 4.37. The van der Waals surface area contributed by atoms with Crippen LogP contribution < -0.4 is 15.9 Å². The molecule has 0 fully saturated rings. The Kier molecular flexibility index (Phi) is 3.81. The fourth-order valence-corrected chi connectivity index (χ4v) is 7.52. The molecule has 5 rings (SSSR count). The highest BCUT2D eigenvalue weighted by molar-refractivity contribution is 7.85. The monoisotopic (exact) mass is 368 g/mol. The van der Waals surface area contributed by atoms with Crippen LogP contribution in [0.1, 0.15) is 24.0 Å². The topological polar surface area (TPSA) is 17.1 Å². The Morgan fingerprint density at radius 1 is 0.778 bits per heavy atom. The van der Waals surface area contributed by atoms with Crippen molar-refractivity contribution in [2.75, 3.05) is 0 Å².